The van der Waals surface area contributed by atoms with Gasteiger partial charge in [0, 0.05) is 29.2 Å². The van der Waals surface area contributed by atoms with E-state index in [0.29, 0.717) is 12.5 Å². The quantitative estimate of drug-likeness (QED) is 0.602. The Bertz CT molecular complexity index is 490. The van der Waals surface area contributed by atoms with E-state index in [4.69, 9.17) is 0 Å². The smallest absolute Gasteiger partial charge is 0.275 e. The molecule has 1 N–H and O–H groups in total. The SMILES string of the molecule is CC(CNCc1ccc(Br)cc1[N+](=O)[O-])CN1CCCC1. The van der Waals surface area contributed by atoms with Gasteiger partial charge in [0.25, 0.3) is 5.69 Å². The standard InChI is InChI=1S/C15H22BrN3O2/c1-12(11-18-6-2-3-7-18)9-17-10-13-4-5-14(16)8-15(13)19(20)21/h4-5,8,12,17H,2-3,6-7,9-11H2,1H3. The van der Waals surface area contributed by atoms with Crippen LogP contribution < -0.4 is 5.32 Å². The fourth-order valence-electron chi connectivity index (χ4n) is 2.78. The molecule has 1 aliphatic heterocycles. The van der Waals surface area contributed by atoms with E-state index in [1.807, 2.05) is 6.07 Å². The van der Waals surface area contributed by atoms with Gasteiger partial charge in [-0.2, -0.15) is 0 Å². The van der Waals surface area contributed by atoms with Crippen molar-refractivity contribution in [1.82, 2.24) is 10.2 Å². The number of halogens is 1. The maximum Gasteiger partial charge on any atom is 0.275 e. The molecule has 1 heterocycles. The summed E-state index contributed by atoms with van der Waals surface area (Å²) in [6.45, 7) is 7.17. The number of nitro benzene ring substituents is 1. The van der Waals surface area contributed by atoms with E-state index in [9.17, 15) is 10.1 Å². The summed E-state index contributed by atoms with van der Waals surface area (Å²) >= 11 is 3.27. The van der Waals surface area contributed by atoms with Gasteiger partial charge in [0.15, 0.2) is 0 Å². The molecular formula is C15H22BrN3O2. The fraction of sp³-hybridized carbons (Fsp3) is 0.600. The second kappa shape index (κ2) is 7.87. The molecule has 5 nitrogen and oxygen atoms in total. The first-order chi connectivity index (χ1) is 10.1. The Morgan fingerprint density at radius 1 is 1.43 bits per heavy atom. The van der Waals surface area contributed by atoms with E-state index in [0.717, 1.165) is 23.1 Å². The number of hydrogen-bond acceptors (Lipinski definition) is 4. The summed E-state index contributed by atoms with van der Waals surface area (Å²) in [5, 5.41) is 14.4. The molecule has 1 atom stereocenters. The average molecular weight is 356 g/mol. The van der Waals surface area contributed by atoms with Crippen molar-refractivity contribution in [2.45, 2.75) is 26.3 Å². The second-order valence-electron chi connectivity index (χ2n) is 5.77. The summed E-state index contributed by atoms with van der Waals surface area (Å²) in [6.07, 6.45) is 2.62. The van der Waals surface area contributed by atoms with Gasteiger partial charge in [-0.3, -0.25) is 10.1 Å². The molecule has 21 heavy (non-hydrogen) atoms. The van der Waals surface area contributed by atoms with Crippen LogP contribution in [0.1, 0.15) is 25.3 Å². The third-order valence-electron chi connectivity index (χ3n) is 3.82. The number of nitrogens with one attached hydrogen (secondary N) is 1. The monoisotopic (exact) mass is 355 g/mol. The zero-order valence-corrected chi connectivity index (χ0v) is 13.9. The summed E-state index contributed by atoms with van der Waals surface area (Å²) in [7, 11) is 0. The highest BCUT2D eigenvalue weighted by Gasteiger charge is 2.16. The lowest BCUT2D eigenvalue weighted by atomic mass is 10.1. The zero-order chi connectivity index (χ0) is 15.2. The third kappa shape index (κ3) is 5.05. The molecule has 0 aromatic heterocycles. The van der Waals surface area contributed by atoms with Crippen molar-refractivity contribution in [3.05, 3.63) is 38.3 Å². The summed E-state index contributed by atoms with van der Waals surface area (Å²) < 4.78 is 0.736. The topological polar surface area (TPSA) is 58.4 Å². The van der Waals surface area contributed by atoms with Gasteiger partial charge in [-0.15, -0.1) is 0 Å². The Morgan fingerprint density at radius 2 is 2.14 bits per heavy atom. The highest BCUT2D eigenvalue weighted by molar-refractivity contribution is 9.10. The van der Waals surface area contributed by atoms with Crippen molar-refractivity contribution in [3.63, 3.8) is 0 Å². The first-order valence-corrected chi connectivity index (χ1v) is 8.21. The summed E-state index contributed by atoms with van der Waals surface area (Å²) in [6, 6.07) is 5.21. The highest BCUT2D eigenvalue weighted by Crippen LogP contribution is 2.23. The number of rotatable bonds is 7. The second-order valence-corrected chi connectivity index (χ2v) is 6.69. The Morgan fingerprint density at radius 3 is 2.81 bits per heavy atom. The van der Waals surface area contributed by atoms with Crippen LogP contribution in [0.25, 0.3) is 0 Å². The van der Waals surface area contributed by atoms with Crippen LogP contribution in [0.15, 0.2) is 22.7 Å². The van der Waals surface area contributed by atoms with Gasteiger partial charge in [-0.25, -0.2) is 0 Å². The Balaban J connectivity index is 1.81. The molecule has 1 aliphatic rings. The molecule has 0 radical (unpaired) electrons. The maximum atomic E-state index is 11.1. The van der Waals surface area contributed by atoms with Gasteiger partial charge in [-0.05, 0) is 50.5 Å². The van der Waals surface area contributed by atoms with E-state index in [2.05, 4.69) is 33.1 Å². The largest absolute Gasteiger partial charge is 0.312 e. The summed E-state index contributed by atoms with van der Waals surface area (Å²) in [5.41, 5.74) is 0.903. The van der Waals surface area contributed by atoms with Crippen LogP contribution in [0.3, 0.4) is 0 Å². The van der Waals surface area contributed by atoms with Gasteiger partial charge in [-0.1, -0.05) is 22.9 Å². The van der Waals surface area contributed by atoms with E-state index in [-0.39, 0.29) is 10.6 Å². The third-order valence-corrected chi connectivity index (χ3v) is 4.31. The molecule has 0 spiro atoms. The molecule has 0 saturated carbocycles. The van der Waals surface area contributed by atoms with Crippen LogP contribution >= 0.6 is 15.9 Å². The Hall–Kier alpha value is -0.980. The number of benzene rings is 1. The average Bonchev–Trinajstić information content (AvgIpc) is 2.93. The van der Waals surface area contributed by atoms with E-state index in [1.165, 1.54) is 25.9 Å². The van der Waals surface area contributed by atoms with Gasteiger partial charge >= 0.3 is 0 Å². The van der Waals surface area contributed by atoms with Crippen molar-refractivity contribution in [2.24, 2.45) is 5.92 Å². The molecule has 1 saturated heterocycles. The fourth-order valence-corrected chi connectivity index (χ4v) is 3.13. The predicted molar refractivity (Wildman–Crippen MR) is 87.3 cm³/mol. The van der Waals surface area contributed by atoms with Gasteiger partial charge < -0.3 is 10.2 Å². The van der Waals surface area contributed by atoms with Crippen LogP contribution in [0.2, 0.25) is 0 Å². The molecule has 0 aliphatic carbocycles. The number of nitrogens with zero attached hydrogens (tertiary/aromatic N) is 2. The van der Waals surface area contributed by atoms with Gasteiger partial charge in [0.2, 0.25) is 0 Å². The number of nitro groups is 1. The minimum absolute atomic E-state index is 0.170. The van der Waals surface area contributed by atoms with Crippen LogP contribution in [-0.4, -0.2) is 36.0 Å². The molecule has 1 aromatic carbocycles. The minimum atomic E-state index is -0.324. The van der Waals surface area contributed by atoms with Crippen molar-refractivity contribution in [2.75, 3.05) is 26.2 Å². The molecule has 1 fully saturated rings. The number of hydrogen-bond donors (Lipinski definition) is 1. The molecule has 116 valence electrons. The van der Waals surface area contributed by atoms with Crippen LogP contribution in [0.4, 0.5) is 5.69 Å². The molecular weight excluding hydrogens is 334 g/mol. The van der Waals surface area contributed by atoms with Gasteiger partial charge in [0.05, 0.1) is 4.92 Å². The summed E-state index contributed by atoms with van der Waals surface area (Å²) in [4.78, 5) is 13.2. The lowest BCUT2D eigenvalue weighted by Gasteiger charge is -2.20. The van der Waals surface area contributed by atoms with Gasteiger partial charge in [0.1, 0.15) is 0 Å². The van der Waals surface area contributed by atoms with E-state index >= 15 is 0 Å². The van der Waals surface area contributed by atoms with Crippen LogP contribution in [0, 0.1) is 16.0 Å². The summed E-state index contributed by atoms with van der Waals surface area (Å²) in [5.74, 6) is 0.553. The van der Waals surface area contributed by atoms with Crippen LogP contribution in [-0.2, 0) is 6.54 Å². The molecule has 2 rings (SSSR count). The Kier molecular flexibility index (Phi) is 6.14. The molecule has 1 aromatic rings. The normalized spacial score (nSPS) is 17.0. The molecule has 1 unspecified atom stereocenters. The highest BCUT2D eigenvalue weighted by atomic mass is 79.9. The Labute approximate surface area is 134 Å². The molecule has 6 heteroatoms. The van der Waals surface area contributed by atoms with Crippen LogP contribution in [0.5, 0.6) is 0 Å². The maximum absolute atomic E-state index is 11.1. The van der Waals surface area contributed by atoms with Crippen molar-refractivity contribution < 1.29 is 4.92 Å². The lowest BCUT2D eigenvalue weighted by molar-refractivity contribution is -0.385. The lowest BCUT2D eigenvalue weighted by Crippen LogP contribution is -2.31. The molecule has 0 amide bonds. The van der Waals surface area contributed by atoms with Crippen molar-refractivity contribution >= 4 is 21.6 Å². The first-order valence-electron chi connectivity index (χ1n) is 7.42. The minimum Gasteiger partial charge on any atom is -0.312 e. The predicted octanol–water partition coefficient (Wildman–Crippen LogP) is 3.18. The zero-order valence-electron chi connectivity index (χ0n) is 12.3. The first kappa shape index (κ1) is 16.4. The van der Waals surface area contributed by atoms with Crippen molar-refractivity contribution in [3.8, 4) is 0 Å². The van der Waals surface area contributed by atoms with Crippen molar-refractivity contribution in [1.29, 1.82) is 0 Å². The number of likely N-dealkylation sites (tertiary alicyclic amines) is 1. The van der Waals surface area contributed by atoms with E-state index in [1.54, 1.807) is 12.1 Å². The molecule has 0 bridgehead atoms. The van der Waals surface area contributed by atoms with E-state index < -0.39 is 0 Å².